The van der Waals surface area contributed by atoms with Crippen LogP contribution in [0.3, 0.4) is 0 Å². The molecular weight excluding hydrogens is 485 g/mol. The molecule has 0 aliphatic carbocycles. The van der Waals surface area contributed by atoms with Crippen molar-refractivity contribution in [1.82, 2.24) is 10.3 Å². The molecule has 0 unspecified atom stereocenters. The second-order valence-electron chi connectivity index (χ2n) is 8.32. The van der Waals surface area contributed by atoms with E-state index in [9.17, 15) is 33.0 Å². The molecule has 0 saturated heterocycles. The molecule has 1 atom stereocenters. The number of carboxylic acid groups (broad SMARTS) is 1. The van der Waals surface area contributed by atoms with Gasteiger partial charge in [0.05, 0.1) is 11.3 Å². The largest absolute Gasteiger partial charge is 0.508 e. The Morgan fingerprint density at radius 1 is 0.811 bits per heavy atom. The van der Waals surface area contributed by atoms with E-state index in [-0.39, 0.29) is 17.7 Å². The van der Waals surface area contributed by atoms with Crippen LogP contribution in [0.4, 0.5) is 13.2 Å². The zero-order chi connectivity index (χ0) is 26.6. The topological polar surface area (TPSA) is 99.5 Å². The van der Waals surface area contributed by atoms with E-state index >= 15 is 0 Å². The highest BCUT2D eigenvalue weighted by Gasteiger charge is 2.30. The van der Waals surface area contributed by atoms with Gasteiger partial charge in [-0.3, -0.25) is 9.78 Å². The smallest absolute Gasteiger partial charge is 0.417 e. The first-order chi connectivity index (χ1) is 17.6. The molecule has 0 spiro atoms. The molecule has 0 aliphatic rings. The summed E-state index contributed by atoms with van der Waals surface area (Å²) in [6, 6.07) is 20.9. The van der Waals surface area contributed by atoms with E-state index in [1.165, 1.54) is 30.3 Å². The Morgan fingerprint density at radius 3 is 1.89 bits per heavy atom. The SMILES string of the molecule is O=C(N[C@@H](Cc1ccc(-c2ccc(O)cc2)cc1)C(=O)O)c1ccc(-c2ccc(C(F)(F)F)cn2)cc1. The standard InChI is InChI=1S/C28H21F3N2O4/c29-28(30,31)22-11-14-24(32-16-22)20-5-7-21(8-6-20)26(35)33-25(27(36)37)15-17-1-3-18(4-2-17)19-9-12-23(34)13-10-19/h1-14,16,25,34H,15H2,(H,33,35)(H,36,37)/t25-/m0/s1. The number of hydrogen-bond donors (Lipinski definition) is 3. The van der Waals surface area contributed by atoms with Crippen molar-refractivity contribution in [3.8, 4) is 28.1 Å². The maximum atomic E-state index is 12.7. The number of carboxylic acids is 1. The second kappa shape index (κ2) is 10.5. The van der Waals surface area contributed by atoms with Gasteiger partial charge in [0.1, 0.15) is 11.8 Å². The maximum Gasteiger partial charge on any atom is 0.417 e. The van der Waals surface area contributed by atoms with Gasteiger partial charge in [-0.2, -0.15) is 13.2 Å². The van der Waals surface area contributed by atoms with Crippen LogP contribution in [0, 0.1) is 0 Å². The Hall–Kier alpha value is -4.66. The fourth-order valence-electron chi connectivity index (χ4n) is 3.69. The van der Waals surface area contributed by atoms with Gasteiger partial charge in [-0.15, -0.1) is 0 Å². The van der Waals surface area contributed by atoms with Crippen LogP contribution in [0.2, 0.25) is 0 Å². The van der Waals surface area contributed by atoms with Crippen molar-refractivity contribution in [2.45, 2.75) is 18.6 Å². The van der Waals surface area contributed by atoms with Crippen molar-refractivity contribution in [3.05, 3.63) is 108 Å². The van der Waals surface area contributed by atoms with E-state index in [0.717, 1.165) is 23.4 Å². The lowest BCUT2D eigenvalue weighted by molar-refractivity contribution is -0.139. The van der Waals surface area contributed by atoms with Crippen molar-refractivity contribution in [1.29, 1.82) is 0 Å². The summed E-state index contributed by atoms with van der Waals surface area (Å²) >= 11 is 0. The summed E-state index contributed by atoms with van der Waals surface area (Å²) in [7, 11) is 0. The Morgan fingerprint density at radius 2 is 1.38 bits per heavy atom. The number of aromatic nitrogens is 1. The number of nitrogens with one attached hydrogen (secondary N) is 1. The van der Waals surface area contributed by atoms with E-state index in [2.05, 4.69) is 10.3 Å². The van der Waals surface area contributed by atoms with Gasteiger partial charge in [-0.1, -0.05) is 48.5 Å². The molecule has 0 radical (unpaired) electrons. The lowest BCUT2D eigenvalue weighted by Gasteiger charge is -2.15. The van der Waals surface area contributed by atoms with Crippen LogP contribution in [-0.4, -0.2) is 33.1 Å². The minimum atomic E-state index is -4.48. The Kier molecular flexibility index (Phi) is 7.24. The molecule has 1 heterocycles. The van der Waals surface area contributed by atoms with Gasteiger partial charge in [-0.05, 0) is 53.1 Å². The van der Waals surface area contributed by atoms with Gasteiger partial charge in [-0.25, -0.2) is 4.79 Å². The number of hydrogen-bond acceptors (Lipinski definition) is 4. The van der Waals surface area contributed by atoms with Crippen LogP contribution >= 0.6 is 0 Å². The predicted molar refractivity (Wildman–Crippen MR) is 131 cm³/mol. The van der Waals surface area contributed by atoms with Gasteiger partial charge >= 0.3 is 12.1 Å². The fraction of sp³-hybridized carbons (Fsp3) is 0.107. The highest BCUT2D eigenvalue weighted by atomic mass is 19.4. The Labute approximate surface area is 210 Å². The average molecular weight is 506 g/mol. The lowest BCUT2D eigenvalue weighted by atomic mass is 10.00. The zero-order valence-corrected chi connectivity index (χ0v) is 19.2. The second-order valence-corrected chi connectivity index (χ2v) is 8.32. The number of carbonyl (C=O) groups excluding carboxylic acids is 1. The molecule has 6 nitrogen and oxygen atoms in total. The van der Waals surface area contributed by atoms with E-state index in [1.54, 1.807) is 36.4 Å². The number of aliphatic carboxylic acids is 1. The van der Waals surface area contributed by atoms with Crippen LogP contribution in [0.1, 0.15) is 21.5 Å². The minimum absolute atomic E-state index is 0.0600. The fourth-order valence-corrected chi connectivity index (χ4v) is 3.69. The van der Waals surface area contributed by atoms with Crippen molar-refractivity contribution >= 4 is 11.9 Å². The summed E-state index contributed by atoms with van der Waals surface area (Å²) in [5.74, 6) is -1.63. The van der Waals surface area contributed by atoms with Gasteiger partial charge in [0.15, 0.2) is 0 Å². The number of nitrogens with zero attached hydrogens (tertiary/aromatic N) is 1. The number of amides is 1. The van der Waals surface area contributed by atoms with E-state index < -0.39 is 29.7 Å². The molecule has 9 heteroatoms. The summed E-state index contributed by atoms with van der Waals surface area (Å²) in [4.78, 5) is 28.3. The Balaban J connectivity index is 1.41. The molecule has 37 heavy (non-hydrogen) atoms. The molecule has 3 aromatic carbocycles. The van der Waals surface area contributed by atoms with E-state index in [4.69, 9.17) is 0 Å². The number of halogens is 3. The van der Waals surface area contributed by atoms with Crippen LogP contribution in [0.15, 0.2) is 91.1 Å². The third kappa shape index (κ3) is 6.32. The molecule has 4 rings (SSSR count). The first-order valence-electron chi connectivity index (χ1n) is 11.2. The molecule has 3 N–H and O–H groups in total. The Bertz CT molecular complexity index is 1380. The maximum absolute atomic E-state index is 12.7. The third-order valence-electron chi connectivity index (χ3n) is 5.73. The van der Waals surface area contributed by atoms with Crippen LogP contribution in [0.5, 0.6) is 5.75 Å². The van der Waals surface area contributed by atoms with Crippen molar-refractivity contribution < 1.29 is 33.0 Å². The van der Waals surface area contributed by atoms with Gasteiger partial charge in [0.2, 0.25) is 0 Å². The molecule has 4 aromatic rings. The van der Waals surface area contributed by atoms with E-state index in [0.29, 0.717) is 16.8 Å². The number of phenolic OH excluding ortho intramolecular Hbond substituents is 1. The van der Waals surface area contributed by atoms with Crippen LogP contribution in [-0.2, 0) is 17.4 Å². The summed E-state index contributed by atoms with van der Waals surface area (Å²) in [6.07, 6.45) is -3.68. The normalized spacial score (nSPS) is 12.1. The van der Waals surface area contributed by atoms with Crippen LogP contribution in [0.25, 0.3) is 22.4 Å². The number of phenols is 1. The first kappa shape index (κ1) is 25.4. The summed E-state index contributed by atoms with van der Waals surface area (Å²) in [5.41, 5.74) is 2.64. The molecule has 0 aliphatic heterocycles. The van der Waals surface area contributed by atoms with Crippen molar-refractivity contribution in [2.24, 2.45) is 0 Å². The summed E-state index contributed by atoms with van der Waals surface area (Å²) < 4.78 is 38.2. The van der Waals surface area contributed by atoms with Gasteiger partial charge in [0, 0.05) is 23.7 Å². The highest BCUT2D eigenvalue weighted by molar-refractivity contribution is 5.97. The summed E-state index contributed by atoms with van der Waals surface area (Å²) in [6.45, 7) is 0. The first-order valence-corrected chi connectivity index (χ1v) is 11.2. The molecule has 0 bridgehead atoms. The molecule has 188 valence electrons. The predicted octanol–water partition coefficient (Wildman–Crippen LogP) is 5.57. The lowest BCUT2D eigenvalue weighted by Crippen LogP contribution is -2.42. The highest BCUT2D eigenvalue weighted by Crippen LogP contribution is 2.30. The van der Waals surface area contributed by atoms with Crippen molar-refractivity contribution in [2.75, 3.05) is 0 Å². The number of benzene rings is 3. The average Bonchev–Trinajstić information content (AvgIpc) is 2.89. The number of aromatic hydroxyl groups is 1. The number of carbonyl (C=O) groups is 2. The monoisotopic (exact) mass is 506 g/mol. The summed E-state index contributed by atoms with van der Waals surface area (Å²) in [5, 5.41) is 21.6. The van der Waals surface area contributed by atoms with Gasteiger partial charge in [0.25, 0.3) is 5.91 Å². The number of pyridine rings is 1. The zero-order valence-electron chi connectivity index (χ0n) is 19.2. The number of rotatable bonds is 7. The molecule has 0 saturated carbocycles. The number of alkyl halides is 3. The van der Waals surface area contributed by atoms with Crippen molar-refractivity contribution in [3.63, 3.8) is 0 Å². The molecule has 0 fully saturated rings. The van der Waals surface area contributed by atoms with Crippen LogP contribution < -0.4 is 5.32 Å². The third-order valence-corrected chi connectivity index (χ3v) is 5.73. The van der Waals surface area contributed by atoms with Gasteiger partial charge < -0.3 is 15.5 Å². The molecule has 1 amide bonds. The van der Waals surface area contributed by atoms with E-state index in [1.807, 2.05) is 12.1 Å². The quantitative estimate of drug-likeness (QED) is 0.305. The molecule has 1 aromatic heterocycles. The minimum Gasteiger partial charge on any atom is -0.508 e. The molecular formula is C28H21F3N2O4.